The van der Waals surface area contributed by atoms with Crippen molar-refractivity contribution in [2.45, 2.75) is 19.5 Å². The zero-order valence-electron chi connectivity index (χ0n) is 15.2. The van der Waals surface area contributed by atoms with Crippen molar-refractivity contribution in [2.24, 2.45) is 0 Å². The number of amides is 1. The first kappa shape index (κ1) is 18.8. The van der Waals surface area contributed by atoms with Gasteiger partial charge in [-0.05, 0) is 17.7 Å². The SMILES string of the molecule is CS(=O)(=O)N1CCc2nc(NC(=O)c3ccc(Cn4ccnc4)cc3)sc2C1. The molecule has 2 aromatic heterocycles. The summed E-state index contributed by atoms with van der Waals surface area (Å²) >= 11 is 1.32. The van der Waals surface area contributed by atoms with Crippen LogP contribution in [-0.4, -0.2) is 46.0 Å². The molecule has 0 fully saturated rings. The fourth-order valence-corrected chi connectivity index (χ4v) is 4.92. The summed E-state index contributed by atoms with van der Waals surface area (Å²) in [6.45, 7) is 1.42. The molecule has 0 spiro atoms. The van der Waals surface area contributed by atoms with Crippen molar-refractivity contribution in [1.29, 1.82) is 0 Å². The fraction of sp³-hybridized carbons (Fsp3) is 0.278. The van der Waals surface area contributed by atoms with Crippen molar-refractivity contribution >= 4 is 32.4 Å². The molecule has 0 unspecified atom stereocenters. The number of aromatic nitrogens is 3. The number of anilines is 1. The van der Waals surface area contributed by atoms with Gasteiger partial charge in [0.1, 0.15) is 0 Å². The highest BCUT2D eigenvalue weighted by atomic mass is 32.2. The summed E-state index contributed by atoms with van der Waals surface area (Å²) in [5, 5.41) is 3.31. The minimum absolute atomic E-state index is 0.236. The molecule has 1 aromatic carbocycles. The summed E-state index contributed by atoms with van der Waals surface area (Å²) in [5.74, 6) is -0.236. The standard InChI is InChI=1S/C18H19N5O3S2/c1-28(25,26)23-8-6-15-16(11-23)27-18(20-15)21-17(24)14-4-2-13(3-5-14)10-22-9-7-19-12-22/h2-5,7,9,12H,6,8,10-11H2,1H3,(H,20,21,24). The molecule has 1 N–H and O–H groups in total. The zero-order chi connectivity index (χ0) is 19.7. The van der Waals surface area contributed by atoms with Gasteiger partial charge in [-0.15, -0.1) is 11.3 Å². The number of hydrogen-bond donors (Lipinski definition) is 1. The Hall–Kier alpha value is -2.56. The summed E-state index contributed by atoms with van der Waals surface area (Å²) in [5.41, 5.74) is 2.47. The van der Waals surface area contributed by atoms with E-state index < -0.39 is 10.0 Å². The number of carbonyl (C=O) groups is 1. The maximum Gasteiger partial charge on any atom is 0.257 e. The summed E-state index contributed by atoms with van der Waals surface area (Å²) in [6, 6.07) is 7.37. The lowest BCUT2D eigenvalue weighted by molar-refractivity contribution is 0.102. The number of nitrogens with zero attached hydrogens (tertiary/aromatic N) is 4. The molecular formula is C18H19N5O3S2. The quantitative estimate of drug-likeness (QED) is 0.684. The van der Waals surface area contributed by atoms with Gasteiger partial charge < -0.3 is 4.57 Å². The molecule has 146 valence electrons. The molecule has 0 saturated carbocycles. The number of imidazole rings is 1. The maximum atomic E-state index is 12.5. The van der Waals surface area contributed by atoms with Crippen LogP contribution in [0.15, 0.2) is 43.0 Å². The van der Waals surface area contributed by atoms with Crippen LogP contribution in [0.1, 0.15) is 26.5 Å². The van der Waals surface area contributed by atoms with E-state index >= 15 is 0 Å². The third kappa shape index (κ3) is 4.13. The number of nitrogens with one attached hydrogen (secondary N) is 1. The molecule has 3 heterocycles. The number of sulfonamides is 1. The van der Waals surface area contributed by atoms with Crippen LogP contribution in [0.3, 0.4) is 0 Å². The third-order valence-electron chi connectivity index (χ3n) is 4.53. The van der Waals surface area contributed by atoms with E-state index in [0.717, 1.165) is 16.1 Å². The molecule has 1 aliphatic rings. The topological polar surface area (TPSA) is 97.2 Å². The predicted molar refractivity (Wildman–Crippen MR) is 107 cm³/mol. The largest absolute Gasteiger partial charge is 0.333 e. The van der Waals surface area contributed by atoms with Crippen LogP contribution < -0.4 is 5.32 Å². The first-order valence-corrected chi connectivity index (χ1v) is 11.3. The van der Waals surface area contributed by atoms with E-state index in [9.17, 15) is 13.2 Å². The second-order valence-corrected chi connectivity index (χ2v) is 9.69. The lowest BCUT2D eigenvalue weighted by atomic mass is 10.1. The van der Waals surface area contributed by atoms with Crippen LogP contribution >= 0.6 is 11.3 Å². The Morgan fingerprint density at radius 2 is 2.07 bits per heavy atom. The van der Waals surface area contributed by atoms with Crippen molar-refractivity contribution in [3.8, 4) is 0 Å². The molecule has 28 heavy (non-hydrogen) atoms. The number of carbonyl (C=O) groups excluding carboxylic acids is 1. The number of thiazole rings is 1. The molecule has 0 bridgehead atoms. The average Bonchev–Trinajstić information content (AvgIpc) is 3.29. The monoisotopic (exact) mass is 417 g/mol. The van der Waals surface area contributed by atoms with Crippen LogP contribution in [0.2, 0.25) is 0 Å². The summed E-state index contributed by atoms with van der Waals surface area (Å²) < 4.78 is 26.8. The molecule has 10 heteroatoms. The van der Waals surface area contributed by atoms with E-state index in [1.807, 2.05) is 22.9 Å². The van der Waals surface area contributed by atoms with Gasteiger partial charge in [0.2, 0.25) is 10.0 Å². The van der Waals surface area contributed by atoms with E-state index in [0.29, 0.717) is 36.8 Å². The van der Waals surface area contributed by atoms with E-state index in [1.165, 1.54) is 21.9 Å². The van der Waals surface area contributed by atoms with Gasteiger partial charge in [-0.25, -0.2) is 18.4 Å². The first-order valence-electron chi connectivity index (χ1n) is 8.68. The van der Waals surface area contributed by atoms with Gasteiger partial charge in [0.15, 0.2) is 5.13 Å². The van der Waals surface area contributed by atoms with E-state index in [-0.39, 0.29) is 5.91 Å². The van der Waals surface area contributed by atoms with E-state index in [2.05, 4.69) is 15.3 Å². The van der Waals surface area contributed by atoms with Crippen molar-refractivity contribution in [1.82, 2.24) is 18.8 Å². The van der Waals surface area contributed by atoms with Gasteiger partial charge in [0.25, 0.3) is 5.91 Å². The van der Waals surface area contributed by atoms with Crippen molar-refractivity contribution in [3.63, 3.8) is 0 Å². The lowest BCUT2D eigenvalue weighted by Gasteiger charge is -2.23. The second kappa shape index (κ2) is 7.46. The Labute approximate surface area is 166 Å². The Morgan fingerprint density at radius 1 is 1.29 bits per heavy atom. The van der Waals surface area contributed by atoms with Crippen molar-refractivity contribution in [3.05, 3.63) is 64.7 Å². The molecule has 3 aromatic rings. The normalized spacial score (nSPS) is 14.6. The maximum absolute atomic E-state index is 12.5. The Morgan fingerprint density at radius 3 is 2.75 bits per heavy atom. The van der Waals surface area contributed by atoms with Gasteiger partial charge in [0.05, 0.1) is 18.3 Å². The zero-order valence-corrected chi connectivity index (χ0v) is 16.8. The highest BCUT2D eigenvalue weighted by Crippen LogP contribution is 2.29. The van der Waals surface area contributed by atoms with Gasteiger partial charge in [-0.1, -0.05) is 12.1 Å². The average molecular weight is 418 g/mol. The van der Waals surface area contributed by atoms with Crippen LogP contribution in [-0.2, 0) is 29.5 Å². The number of rotatable bonds is 5. The van der Waals surface area contributed by atoms with Crippen LogP contribution in [0, 0.1) is 0 Å². The molecule has 0 radical (unpaired) electrons. The summed E-state index contributed by atoms with van der Waals surface area (Å²) in [6.07, 6.45) is 7.12. The molecular weight excluding hydrogens is 398 g/mol. The Bertz CT molecular complexity index is 1090. The van der Waals surface area contributed by atoms with Crippen molar-refractivity contribution in [2.75, 3.05) is 18.1 Å². The predicted octanol–water partition coefficient (Wildman–Crippen LogP) is 1.96. The molecule has 4 rings (SSSR count). The summed E-state index contributed by atoms with van der Waals surface area (Å²) in [7, 11) is -3.23. The molecule has 0 saturated heterocycles. The smallest absolute Gasteiger partial charge is 0.257 e. The van der Waals surface area contributed by atoms with E-state index in [4.69, 9.17) is 0 Å². The Balaban J connectivity index is 1.42. The fourth-order valence-electron chi connectivity index (χ4n) is 3.03. The van der Waals surface area contributed by atoms with E-state index in [1.54, 1.807) is 24.7 Å². The van der Waals surface area contributed by atoms with Crippen LogP contribution in [0.25, 0.3) is 0 Å². The van der Waals surface area contributed by atoms with Crippen molar-refractivity contribution < 1.29 is 13.2 Å². The number of hydrogen-bond acceptors (Lipinski definition) is 6. The minimum atomic E-state index is -3.23. The van der Waals surface area contributed by atoms with Crippen LogP contribution in [0.4, 0.5) is 5.13 Å². The molecule has 8 nitrogen and oxygen atoms in total. The van der Waals surface area contributed by atoms with Gasteiger partial charge >= 0.3 is 0 Å². The first-order chi connectivity index (χ1) is 13.4. The number of benzene rings is 1. The Kier molecular flexibility index (Phi) is 5.00. The highest BCUT2D eigenvalue weighted by molar-refractivity contribution is 7.88. The molecule has 0 aliphatic carbocycles. The van der Waals surface area contributed by atoms with Gasteiger partial charge in [-0.2, -0.15) is 4.31 Å². The lowest BCUT2D eigenvalue weighted by Crippen LogP contribution is -2.34. The van der Waals surface area contributed by atoms with Gasteiger partial charge in [-0.3, -0.25) is 10.1 Å². The molecule has 1 amide bonds. The highest BCUT2D eigenvalue weighted by Gasteiger charge is 2.26. The number of fused-ring (bicyclic) bond motifs is 1. The minimum Gasteiger partial charge on any atom is -0.333 e. The second-order valence-electron chi connectivity index (χ2n) is 6.62. The molecule has 0 atom stereocenters. The van der Waals surface area contributed by atoms with Gasteiger partial charge in [0, 0.05) is 48.9 Å². The summed E-state index contributed by atoms with van der Waals surface area (Å²) in [4.78, 5) is 21.9. The third-order valence-corrected chi connectivity index (χ3v) is 6.77. The molecule has 1 aliphatic heterocycles. The van der Waals surface area contributed by atoms with Crippen LogP contribution in [0.5, 0.6) is 0 Å².